The highest BCUT2D eigenvalue weighted by Crippen LogP contribution is 2.47. The van der Waals surface area contributed by atoms with Crippen LogP contribution in [-0.2, 0) is 23.1 Å². The molecule has 3 heterocycles. The number of aliphatic hydroxyl groups excluding tert-OH is 1. The standard InChI is InChI=1S/C24H24F6N4O4/c1-13-6-5-9-15(35)11-22(24(28,29)30,36-12-14-7-3-2-4-8-14)21-34-33-20(38-21)18-17(31)10-16(23(25,26)27)19(32-18)37-13/h2-4,7-8,10,13,15,35H,5-6,9,11-12,31H2,1H3/t13-,15?,22?/m1/s1. The largest absolute Gasteiger partial charge is 0.474 e. The lowest BCUT2D eigenvalue weighted by molar-refractivity contribution is -0.305. The van der Waals surface area contributed by atoms with Crippen LogP contribution in [-0.4, -0.2) is 38.7 Å². The molecule has 3 aromatic rings. The second kappa shape index (κ2) is 10.4. The number of benzene rings is 1. The van der Waals surface area contributed by atoms with E-state index in [2.05, 4.69) is 15.2 Å². The van der Waals surface area contributed by atoms with E-state index in [-0.39, 0.29) is 19.3 Å². The van der Waals surface area contributed by atoms with E-state index >= 15 is 0 Å². The Balaban J connectivity index is 1.86. The smallest absolute Gasteiger partial charge is 0.426 e. The Morgan fingerprint density at radius 2 is 1.82 bits per heavy atom. The number of hydrogen-bond donors (Lipinski definition) is 2. The highest BCUT2D eigenvalue weighted by molar-refractivity contribution is 5.68. The van der Waals surface area contributed by atoms with Crippen LogP contribution in [0.5, 0.6) is 5.88 Å². The van der Waals surface area contributed by atoms with Crippen molar-refractivity contribution in [2.24, 2.45) is 0 Å². The highest BCUT2D eigenvalue weighted by atomic mass is 19.4. The molecule has 8 nitrogen and oxygen atoms in total. The summed E-state index contributed by atoms with van der Waals surface area (Å²) in [6, 6.07) is 8.57. The molecule has 14 heteroatoms. The van der Waals surface area contributed by atoms with Crippen molar-refractivity contribution in [1.29, 1.82) is 0 Å². The van der Waals surface area contributed by atoms with Crippen molar-refractivity contribution in [3.8, 4) is 17.5 Å². The summed E-state index contributed by atoms with van der Waals surface area (Å²) in [4.78, 5) is 3.81. The third-order valence-corrected chi connectivity index (χ3v) is 6.07. The maximum atomic E-state index is 14.7. The first-order chi connectivity index (χ1) is 17.8. The summed E-state index contributed by atoms with van der Waals surface area (Å²) in [6.07, 6.45) is -13.2. The molecule has 0 saturated carbocycles. The molecule has 0 fully saturated rings. The van der Waals surface area contributed by atoms with Gasteiger partial charge in [-0.05, 0) is 37.8 Å². The zero-order valence-corrected chi connectivity index (χ0v) is 20.0. The lowest BCUT2D eigenvalue weighted by atomic mass is 9.92. The van der Waals surface area contributed by atoms with Crippen molar-refractivity contribution in [3.05, 3.63) is 53.4 Å². The van der Waals surface area contributed by atoms with Crippen molar-refractivity contribution in [2.75, 3.05) is 5.73 Å². The van der Waals surface area contributed by atoms with Crippen molar-refractivity contribution in [3.63, 3.8) is 0 Å². The number of hydrogen-bond acceptors (Lipinski definition) is 8. The van der Waals surface area contributed by atoms with Crippen LogP contribution in [0.15, 0.2) is 40.8 Å². The van der Waals surface area contributed by atoms with Crippen LogP contribution in [0.2, 0.25) is 0 Å². The predicted octanol–water partition coefficient (Wildman–Crippen LogP) is 5.41. The highest BCUT2D eigenvalue weighted by Gasteiger charge is 2.62. The van der Waals surface area contributed by atoms with Gasteiger partial charge in [0.1, 0.15) is 5.56 Å². The average Bonchev–Trinajstić information content (AvgIpc) is 3.31. The number of nitrogens with two attached hydrogens (primary N) is 1. The first-order valence-corrected chi connectivity index (χ1v) is 11.6. The van der Waals surface area contributed by atoms with Gasteiger partial charge in [0, 0.05) is 6.42 Å². The number of ether oxygens (including phenoxy) is 2. The summed E-state index contributed by atoms with van der Waals surface area (Å²) in [7, 11) is 0. The van der Waals surface area contributed by atoms with Gasteiger partial charge in [-0.2, -0.15) is 26.3 Å². The molecule has 4 rings (SSSR count). The fourth-order valence-corrected chi connectivity index (χ4v) is 4.09. The molecule has 0 aliphatic carbocycles. The minimum Gasteiger partial charge on any atom is -0.474 e. The lowest BCUT2D eigenvalue weighted by Gasteiger charge is -2.34. The van der Waals surface area contributed by atoms with Crippen LogP contribution in [0, 0.1) is 0 Å². The Kier molecular flexibility index (Phi) is 7.57. The van der Waals surface area contributed by atoms with Gasteiger partial charge in [0.25, 0.3) is 11.8 Å². The second-order valence-electron chi connectivity index (χ2n) is 9.01. The van der Waals surface area contributed by atoms with Crippen LogP contribution in [0.25, 0.3) is 11.6 Å². The van der Waals surface area contributed by atoms with Gasteiger partial charge in [0.05, 0.1) is 24.5 Å². The van der Waals surface area contributed by atoms with E-state index in [9.17, 15) is 31.4 Å². The van der Waals surface area contributed by atoms with Crippen molar-refractivity contribution in [2.45, 2.75) is 69.4 Å². The Hall–Kier alpha value is -3.39. The van der Waals surface area contributed by atoms with Crippen molar-refractivity contribution in [1.82, 2.24) is 15.2 Å². The molecule has 38 heavy (non-hydrogen) atoms. The molecular weight excluding hydrogens is 522 g/mol. The van der Waals surface area contributed by atoms with Gasteiger partial charge in [-0.25, -0.2) is 4.98 Å². The molecule has 4 bridgehead atoms. The zero-order valence-electron chi connectivity index (χ0n) is 20.0. The Morgan fingerprint density at radius 1 is 1.11 bits per heavy atom. The summed E-state index contributed by atoms with van der Waals surface area (Å²) in [6.45, 7) is 0.963. The molecule has 1 aliphatic heterocycles. The quantitative estimate of drug-likeness (QED) is 0.419. The van der Waals surface area contributed by atoms with E-state index in [1.165, 1.54) is 6.92 Å². The summed E-state index contributed by atoms with van der Waals surface area (Å²) in [5, 5.41) is 17.7. The van der Waals surface area contributed by atoms with Crippen LogP contribution < -0.4 is 10.5 Å². The summed E-state index contributed by atoms with van der Waals surface area (Å²) in [5.74, 6) is -2.56. The lowest BCUT2D eigenvalue weighted by Crippen LogP contribution is -2.47. The molecule has 0 radical (unpaired) electrons. The van der Waals surface area contributed by atoms with Crippen LogP contribution in [0.3, 0.4) is 0 Å². The maximum absolute atomic E-state index is 14.7. The molecular formula is C24H24F6N4O4. The van der Waals surface area contributed by atoms with Gasteiger partial charge in [-0.3, -0.25) is 0 Å². The normalized spacial score (nSPS) is 22.9. The van der Waals surface area contributed by atoms with Gasteiger partial charge in [-0.15, -0.1) is 10.2 Å². The van der Waals surface area contributed by atoms with Crippen LogP contribution in [0.1, 0.15) is 49.6 Å². The number of pyridine rings is 1. The van der Waals surface area contributed by atoms with Crippen LogP contribution in [0.4, 0.5) is 32.0 Å². The SMILES string of the molecule is C[C@@H]1CCCC(O)CC(OCc2ccccc2)(C(F)(F)F)c2nnc(o2)-c2nc(c(C(F)(F)F)cc2N)O1. The van der Waals surface area contributed by atoms with Gasteiger partial charge >= 0.3 is 12.4 Å². The maximum Gasteiger partial charge on any atom is 0.426 e. The van der Waals surface area contributed by atoms with Crippen molar-refractivity contribution >= 4 is 5.69 Å². The predicted molar refractivity (Wildman–Crippen MR) is 120 cm³/mol. The summed E-state index contributed by atoms with van der Waals surface area (Å²) >= 11 is 0. The average molecular weight is 546 g/mol. The number of nitrogen functional groups attached to an aromatic ring is 1. The molecule has 1 aliphatic rings. The fourth-order valence-electron chi connectivity index (χ4n) is 4.09. The third kappa shape index (κ3) is 5.70. The Labute approximate surface area is 212 Å². The fraction of sp³-hybridized carbons (Fsp3) is 0.458. The van der Waals surface area contributed by atoms with E-state index in [1.54, 1.807) is 30.3 Å². The first-order valence-electron chi connectivity index (χ1n) is 11.6. The number of halogens is 6. The van der Waals surface area contributed by atoms with Gasteiger partial charge < -0.3 is 24.7 Å². The van der Waals surface area contributed by atoms with E-state index < -0.39 is 77.8 Å². The molecule has 3 N–H and O–H groups in total. The number of aromatic nitrogens is 3. The molecule has 1 aromatic carbocycles. The van der Waals surface area contributed by atoms with Gasteiger partial charge in [0.2, 0.25) is 11.5 Å². The third-order valence-electron chi connectivity index (χ3n) is 6.07. The van der Waals surface area contributed by atoms with E-state index in [0.717, 1.165) is 0 Å². The summed E-state index contributed by atoms with van der Waals surface area (Å²) in [5.41, 5.74) is 0.625. The van der Waals surface area contributed by atoms with Crippen LogP contribution >= 0.6 is 0 Å². The monoisotopic (exact) mass is 546 g/mol. The van der Waals surface area contributed by atoms with E-state index in [4.69, 9.17) is 19.6 Å². The number of alkyl halides is 6. The minimum absolute atomic E-state index is 0.123. The minimum atomic E-state index is -5.13. The number of rotatable bonds is 3. The molecule has 206 valence electrons. The number of fused-ring (bicyclic) bond motifs is 5. The topological polar surface area (TPSA) is 117 Å². The van der Waals surface area contributed by atoms with E-state index in [1.807, 2.05) is 0 Å². The molecule has 2 aromatic heterocycles. The molecule has 0 amide bonds. The van der Waals surface area contributed by atoms with Gasteiger partial charge in [-0.1, -0.05) is 30.3 Å². The Bertz CT molecular complexity index is 1250. The zero-order chi connectivity index (χ0) is 27.7. The van der Waals surface area contributed by atoms with Crippen molar-refractivity contribution < 1.29 is 45.3 Å². The number of nitrogens with zero attached hydrogens (tertiary/aromatic N) is 3. The van der Waals surface area contributed by atoms with Gasteiger partial charge in [0.15, 0.2) is 5.69 Å². The number of aliphatic hydroxyl groups is 1. The summed E-state index contributed by atoms with van der Waals surface area (Å²) < 4.78 is 101. The molecule has 0 spiro atoms. The van der Waals surface area contributed by atoms with E-state index in [0.29, 0.717) is 11.6 Å². The number of anilines is 1. The second-order valence-corrected chi connectivity index (χ2v) is 9.01. The molecule has 2 unspecified atom stereocenters. The molecule has 0 saturated heterocycles. The molecule has 3 atom stereocenters. The first kappa shape index (κ1) is 27.6. The Morgan fingerprint density at radius 3 is 2.47 bits per heavy atom.